The Morgan fingerprint density at radius 2 is 2.12 bits per heavy atom. The molecule has 2 rings (SSSR count). The normalized spacial score (nSPS) is 26.4. The first-order chi connectivity index (χ1) is 7.84. The van der Waals surface area contributed by atoms with Crippen LogP contribution >= 0.6 is 0 Å². The zero-order valence-corrected chi connectivity index (χ0v) is 10.7. The van der Waals surface area contributed by atoms with Crippen LogP contribution in [0.15, 0.2) is 0 Å². The number of aliphatic hydroxyl groups is 1. The average Bonchev–Trinajstić information content (AvgIpc) is 2.91. The Balaban J connectivity index is 1.81. The molecule has 1 N–H and O–H groups in total. The first-order valence-corrected chi connectivity index (χ1v) is 6.04. The molecule has 0 saturated carbocycles. The van der Waals surface area contributed by atoms with Gasteiger partial charge in [0, 0.05) is 18.5 Å². The molecule has 1 atom stereocenters. The first kappa shape index (κ1) is 12.6. The molecular formula is C12H21NO4. The van der Waals surface area contributed by atoms with Crippen molar-refractivity contribution in [1.29, 1.82) is 0 Å². The molecule has 2 saturated heterocycles. The summed E-state index contributed by atoms with van der Waals surface area (Å²) in [4.78, 5) is 13.4. The van der Waals surface area contributed by atoms with Gasteiger partial charge in [-0.1, -0.05) is 0 Å². The second-order valence-corrected chi connectivity index (χ2v) is 6.15. The quantitative estimate of drug-likeness (QED) is 0.751. The molecule has 1 amide bonds. The fourth-order valence-electron chi connectivity index (χ4n) is 2.18. The number of amides is 1. The van der Waals surface area contributed by atoms with Crippen LogP contribution in [0.1, 0.15) is 27.2 Å². The van der Waals surface area contributed by atoms with E-state index in [0.29, 0.717) is 13.1 Å². The highest BCUT2D eigenvalue weighted by atomic mass is 16.6. The van der Waals surface area contributed by atoms with Gasteiger partial charge in [-0.3, -0.25) is 0 Å². The Morgan fingerprint density at radius 3 is 2.53 bits per heavy atom. The predicted molar refractivity (Wildman–Crippen MR) is 61.7 cm³/mol. The molecule has 0 aromatic carbocycles. The van der Waals surface area contributed by atoms with Crippen molar-refractivity contribution in [3.8, 4) is 0 Å². The molecule has 0 aromatic heterocycles. The predicted octanol–water partition coefficient (Wildman–Crippen LogP) is 1.00. The van der Waals surface area contributed by atoms with Gasteiger partial charge >= 0.3 is 6.09 Å². The third kappa shape index (κ3) is 3.10. The van der Waals surface area contributed by atoms with E-state index in [2.05, 4.69) is 0 Å². The van der Waals surface area contributed by atoms with Gasteiger partial charge in [0.05, 0.1) is 19.3 Å². The van der Waals surface area contributed by atoms with Crippen LogP contribution in [-0.4, -0.2) is 54.1 Å². The van der Waals surface area contributed by atoms with E-state index in [0.717, 1.165) is 13.0 Å². The van der Waals surface area contributed by atoms with Gasteiger partial charge < -0.3 is 19.5 Å². The van der Waals surface area contributed by atoms with Crippen LogP contribution in [0.5, 0.6) is 0 Å². The van der Waals surface area contributed by atoms with Gasteiger partial charge in [-0.05, 0) is 27.2 Å². The number of likely N-dealkylation sites (tertiary alicyclic amines) is 1. The number of ether oxygens (including phenoxy) is 2. The number of nitrogens with zero attached hydrogens (tertiary/aromatic N) is 1. The minimum atomic E-state index is -0.464. The number of hydrogen-bond acceptors (Lipinski definition) is 4. The van der Waals surface area contributed by atoms with Crippen LogP contribution in [0.25, 0.3) is 0 Å². The molecule has 2 aliphatic rings. The van der Waals surface area contributed by atoms with E-state index >= 15 is 0 Å². The second kappa shape index (κ2) is 4.14. The molecule has 2 heterocycles. The minimum absolute atomic E-state index is 0.103. The third-order valence-electron chi connectivity index (χ3n) is 3.10. The number of rotatable bonds is 3. The number of epoxide rings is 1. The molecular weight excluding hydrogens is 222 g/mol. The Morgan fingerprint density at radius 1 is 1.53 bits per heavy atom. The second-order valence-electron chi connectivity index (χ2n) is 6.15. The maximum absolute atomic E-state index is 11.7. The Bertz CT molecular complexity index is 300. The molecule has 17 heavy (non-hydrogen) atoms. The van der Waals surface area contributed by atoms with Gasteiger partial charge in [-0.2, -0.15) is 0 Å². The summed E-state index contributed by atoms with van der Waals surface area (Å²) in [6.45, 7) is 7.57. The van der Waals surface area contributed by atoms with Crippen molar-refractivity contribution < 1.29 is 19.4 Å². The van der Waals surface area contributed by atoms with Gasteiger partial charge in [-0.15, -0.1) is 0 Å². The highest BCUT2D eigenvalue weighted by Gasteiger charge is 2.49. The van der Waals surface area contributed by atoms with Crippen molar-refractivity contribution in [3.05, 3.63) is 0 Å². The molecule has 98 valence electrons. The van der Waals surface area contributed by atoms with Gasteiger partial charge in [0.1, 0.15) is 5.60 Å². The van der Waals surface area contributed by atoms with E-state index in [1.54, 1.807) is 4.90 Å². The molecule has 0 spiro atoms. The molecule has 0 bridgehead atoms. The lowest BCUT2D eigenvalue weighted by atomic mass is 9.77. The monoisotopic (exact) mass is 243 g/mol. The van der Waals surface area contributed by atoms with Crippen LogP contribution in [0, 0.1) is 5.41 Å². The number of carbonyl (C=O) groups is 1. The largest absolute Gasteiger partial charge is 0.444 e. The molecule has 0 aromatic rings. The summed E-state index contributed by atoms with van der Waals surface area (Å²) in [6, 6.07) is 0. The van der Waals surface area contributed by atoms with Crippen molar-refractivity contribution >= 4 is 6.09 Å². The van der Waals surface area contributed by atoms with Crippen LogP contribution < -0.4 is 0 Å². The van der Waals surface area contributed by atoms with Crippen molar-refractivity contribution in [1.82, 2.24) is 4.90 Å². The molecule has 5 nitrogen and oxygen atoms in total. The molecule has 0 aliphatic carbocycles. The SMILES string of the molecule is CC(C)(C)OC(=O)N1CC(CO)(CC2CO2)C1. The standard InChI is InChI=1S/C12H21NO4/c1-11(2,3)17-10(15)13-6-12(7-13,8-14)4-9-5-16-9/h9,14H,4-8H2,1-3H3. The maximum Gasteiger partial charge on any atom is 0.410 e. The van der Waals surface area contributed by atoms with E-state index in [4.69, 9.17) is 9.47 Å². The summed E-state index contributed by atoms with van der Waals surface area (Å²) < 4.78 is 10.4. The van der Waals surface area contributed by atoms with Crippen molar-refractivity contribution in [2.24, 2.45) is 5.41 Å². The van der Waals surface area contributed by atoms with Gasteiger partial charge in [0.2, 0.25) is 0 Å². The summed E-state index contributed by atoms with van der Waals surface area (Å²) >= 11 is 0. The summed E-state index contributed by atoms with van der Waals surface area (Å²) in [7, 11) is 0. The highest BCUT2D eigenvalue weighted by Crippen LogP contribution is 2.38. The number of carbonyl (C=O) groups excluding carboxylic acids is 1. The smallest absolute Gasteiger partial charge is 0.410 e. The first-order valence-electron chi connectivity index (χ1n) is 6.04. The summed E-state index contributed by atoms with van der Waals surface area (Å²) in [6.07, 6.45) is 0.823. The average molecular weight is 243 g/mol. The highest BCUT2D eigenvalue weighted by molar-refractivity contribution is 5.69. The fraction of sp³-hybridized carbons (Fsp3) is 0.917. The summed E-state index contributed by atoms with van der Waals surface area (Å²) in [5.41, 5.74) is -0.633. The molecule has 2 fully saturated rings. The Kier molecular flexibility index (Phi) is 3.08. The number of aliphatic hydroxyl groups excluding tert-OH is 1. The third-order valence-corrected chi connectivity index (χ3v) is 3.10. The van der Waals surface area contributed by atoms with Crippen LogP contribution in [0.2, 0.25) is 0 Å². The lowest BCUT2D eigenvalue weighted by molar-refractivity contribution is -0.0622. The zero-order chi connectivity index (χ0) is 12.7. The minimum Gasteiger partial charge on any atom is -0.444 e. The maximum atomic E-state index is 11.7. The molecule has 0 radical (unpaired) electrons. The van der Waals surface area contributed by atoms with Crippen molar-refractivity contribution in [2.45, 2.75) is 38.9 Å². The molecule has 2 aliphatic heterocycles. The number of hydrogen-bond donors (Lipinski definition) is 1. The topological polar surface area (TPSA) is 62.3 Å². The van der Waals surface area contributed by atoms with Gasteiger partial charge in [0.15, 0.2) is 0 Å². The van der Waals surface area contributed by atoms with E-state index in [1.807, 2.05) is 20.8 Å². The Hall–Kier alpha value is -0.810. The molecule has 1 unspecified atom stereocenters. The summed E-state index contributed by atoms with van der Waals surface area (Å²) in [5, 5.41) is 9.41. The van der Waals surface area contributed by atoms with Crippen LogP contribution in [-0.2, 0) is 9.47 Å². The van der Waals surface area contributed by atoms with Crippen molar-refractivity contribution in [2.75, 3.05) is 26.3 Å². The van der Waals surface area contributed by atoms with Gasteiger partial charge in [-0.25, -0.2) is 4.79 Å². The van der Waals surface area contributed by atoms with Crippen molar-refractivity contribution in [3.63, 3.8) is 0 Å². The summed E-state index contributed by atoms with van der Waals surface area (Å²) in [5.74, 6) is 0. The zero-order valence-electron chi connectivity index (χ0n) is 10.7. The van der Waals surface area contributed by atoms with E-state index in [9.17, 15) is 9.90 Å². The lowest BCUT2D eigenvalue weighted by Gasteiger charge is -2.48. The van der Waals surface area contributed by atoms with Gasteiger partial charge in [0.25, 0.3) is 0 Å². The van der Waals surface area contributed by atoms with Crippen LogP contribution in [0.3, 0.4) is 0 Å². The Labute approximate surface area is 102 Å². The van der Waals surface area contributed by atoms with E-state index in [1.165, 1.54) is 0 Å². The van der Waals surface area contributed by atoms with Crippen LogP contribution in [0.4, 0.5) is 4.79 Å². The fourth-order valence-corrected chi connectivity index (χ4v) is 2.18. The molecule has 5 heteroatoms. The van der Waals surface area contributed by atoms with E-state index in [-0.39, 0.29) is 24.2 Å². The van der Waals surface area contributed by atoms with E-state index < -0.39 is 5.60 Å². The lowest BCUT2D eigenvalue weighted by Crippen LogP contribution is -2.61.